The lowest BCUT2D eigenvalue weighted by atomic mass is 10.1. The van der Waals surface area contributed by atoms with Crippen molar-refractivity contribution in [3.63, 3.8) is 0 Å². The lowest BCUT2D eigenvalue weighted by Crippen LogP contribution is -1.85. The molecule has 3 N–H and O–H groups in total. The number of hydrogen-bond acceptors (Lipinski definition) is 3. The van der Waals surface area contributed by atoms with E-state index >= 15 is 0 Å². The molecule has 0 unspecified atom stereocenters. The molecule has 3 aromatic rings. The number of hydrogen-bond donors (Lipinski definition) is 3. The van der Waals surface area contributed by atoms with Crippen LogP contribution in [-0.2, 0) is 0 Å². The average Bonchev–Trinajstić information content (AvgIpc) is 2.60. The molecule has 0 amide bonds. The molecule has 26 heavy (non-hydrogen) atoms. The van der Waals surface area contributed by atoms with E-state index in [1.165, 1.54) is 11.1 Å². The molecule has 0 aliphatic carbocycles. The SMILES string of the molecule is CC(C)O.Cc1ccccc1C.Oc1ccccc1.Oc1ccccc1. The standard InChI is InChI=1S/C8H10.2C6H6O.C3H8O/c1-7-5-3-4-6-8(7)2;2*7-6-4-2-1-3-5-6;1-3(2)4/h3-6H,1-2H3;2*1-5,7H;3-4H,1-2H3. The zero-order chi connectivity index (χ0) is 19.8. The molecular weight excluding hydrogens is 324 g/mol. The summed E-state index contributed by atoms with van der Waals surface area (Å²) in [6, 6.07) is 25.8. The predicted octanol–water partition coefficient (Wildman–Crippen LogP) is 5.47. The Balaban J connectivity index is 0.000000329. The molecule has 0 spiro atoms. The second-order valence-electron chi connectivity index (χ2n) is 5.85. The predicted molar refractivity (Wildman–Crippen MR) is 109 cm³/mol. The summed E-state index contributed by atoms with van der Waals surface area (Å²) in [6.45, 7) is 7.69. The minimum absolute atomic E-state index is 0.167. The molecule has 3 rings (SSSR count). The highest BCUT2D eigenvalue weighted by atomic mass is 16.3. The van der Waals surface area contributed by atoms with Crippen LogP contribution in [0.1, 0.15) is 25.0 Å². The van der Waals surface area contributed by atoms with Gasteiger partial charge >= 0.3 is 0 Å². The van der Waals surface area contributed by atoms with E-state index in [-0.39, 0.29) is 6.10 Å². The van der Waals surface area contributed by atoms with Gasteiger partial charge in [0.05, 0.1) is 0 Å². The fourth-order valence-corrected chi connectivity index (χ4v) is 1.52. The Labute approximate surface area is 157 Å². The molecule has 3 aromatic carbocycles. The number of aliphatic hydroxyl groups is 1. The fourth-order valence-electron chi connectivity index (χ4n) is 1.52. The first-order valence-corrected chi connectivity index (χ1v) is 8.51. The number of benzene rings is 3. The van der Waals surface area contributed by atoms with E-state index in [1.807, 2.05) is 12.1 Å². The summed E-state index contributed by atoms with van der Waals surface area (Å²) in [6.07, 6.45) is -0.167. The maximum absolute atomic E-state index is 8.63. The first kappa shape index (κ1) is 23.2. The Morgan fingerprint density at radius 2 is 0.769 bits per heavy atom. The number of aryl methyl sites for hydroxylation is 2. The summed E-state index contributed by atoms with van der Waals surface area (Å²) >= 11 is 0. The minimum Gasteiger partial charge on any atom is -0.508 e. The Hall–Kier alpha value is -2.78. The zero-order valence-corrected chi connectivity index (χ0v) is 16.0. The van der Waals surface area contributed by atoms with E-state index in [2.05, 4.69) is 38.1 Å². The molecule has 3 heteroatoms. The molecule has 0 heterocycles. The van der Waals surface area contributed by atoms with Gasteiger partial charge in [0.15, 0.2) is 0 Å². The number of para-hydroxylation sites is 2. The topological polar surface area (TPSA) is 60.7 Å². The van der Waals surface area contributed by atoms with Crippen LogP contribution in [0.5, 0.6) is 11.5 Å². The lowest BCUT2D eigenvalue weighted by Gasteiger charge is -1.93. The van der Waals surface area contributed by atoms with Crippen LogP contribution in [0.3, 0.4) is 0 Å². The van der Waals surface area contributed by atoms with E-state index in [1.54, 1.807) is 62.4 Å². The summed E-state index contributed by atoms with van der Waals surface area (Å²) in [5, 5.41) is 25.3. The van der Waals surface area contributed by atoms with Crippen LogP contribution in [-0.4, -0.2) is 21.4 Å². The average molecular weight is 354 g/mol. The van der Waals surface area contributed by atoms with Crippen LogP contribution in [0.15, 0.2) is 84.9 Å². The Bertz CT molecular complexity index is 619. The monoisotopic (exact) mass is 354 g/mol. The van der Waals surface area contributed by atoms with E-state index in [0.717, 1.165) is 0 Å². The molecule has 0 fully saturated rings. The first-order valence-electron chi connectivity index (χ1n) is 8.51. The second kappa shape index (κ2) is 14.6. The molecule has 3 nitrogen and oxygen atoms in total. The van der Waals surface area contributed by atoms with Gasteiger partial charge in [0.1, 0.15) is 11.5 Å². The molecule has 0 saturated heterocycles. The molecule has 0 radical (unpaired) electrons. The number of phenols is 2. The van der Waals surface area contributed by atoms with Crippen molar-refractivity contribution in [1.29, 1.82) is 0 Å². The molecule has 0 aromatic heterocycles. The summed E-state index contributed by atoms with van der Waals surface area (Å²) in [5.74, 6) is 0.644. The number of aromatic hydroxyl groups is 2. The molecule has 0 atom stereocenters. The summed E-state index contributed by atoms with van der Waals surface area (Å²) < 4.78 is 0. The highest BCUT2D eigenvalue weighted by Gasteiger charge is 1.83. The highest BCUT2D eigenvalue weighted by Crippen LogP contribution is 2.04. The quantitative estimate of drug-likeness (QED) is 0.501. The van der Waals surface area contributed by atoms with Crippen LogP contribution in [0, 0.1) is 13.8 Å². The fraction of sp³-hybridized carbons (Fsp3) is 0.217. The maximum Gasteiger partial charge on any atom is 0.115 e. The minimum atomic E-state index is -0.167. The van der Waals surface area contributed by atoms with Gasteiger partial charge in [-0.25, -0.2) is 0 Å². The van der Waals surface area contributed by atoms with E-state index in [4.69, 9.17) is 15.3 Å². The van der Waals surface area contributed by atoms with E-state index < -0.39 is 0 Å². The van der Waals surface area contributed by atoms with Crippen molar-refractivity contribution in [2.45, 2.75) is 33.8 Å². The summed E-state index contributed by atoms with van der Waals surface area (Å²) in [7, 11) is 0. The van der Waals surface area contributed by atoms with Crippen molar-refractivity contribution in [1.82, 2.24) is 0 Å². The van der Waals surface area contributed by atoms with Gasteiger partial charge in [-0.3, -0.25) is 0 Å². The van der Waals surface area contributed by atoms with Gasteiger partial charge in [-0.2, -0.15) is 0 Å². The van der Waals surface area contributed by atoms with Gasteiger partial charge < -0.3 is 15.3 Å². The molecule has 0 saturated carbocycles. The van der Waals surface area contributed by atoms with Crippen LogP contribution in [0.2, 0.25) is 0 Å². The third-order valence-electron chi connectivity index (χ3n) is 2.94. The zero-order valence-electron chi connectivity index (χ0n) is 16.0. The number of rotatable bonds is 0. The largest absolute Gasteiger partial charge is 0.508 e. The lowest BCUT2D eigenvalue weighted by molar-refractivity contribution is 0.216. The van der Waals surface area contributed by atoms with Crippen molar-refractivity contribution in [3.8, 4) is 11.5 Å². The van der Waals surface area contributed by atoms with Crippen LogP contribution in [0.25, 0.3) is 0 Å². The third kappa shape index (κ3) is 14.8. The molecule has 0 aliphatic heterocycles. The van der Waals surface area contributed by atoms with E-state index in [9.17, 15) is 0 Å². The van der Waals surface area contributed by atoms with Crippen molar-refractivity contribution < 1.29 is 15.3 Å². The van der Waals surface area contributed by atoms with Gasteiger partial charge in [0.2, 0.25) is 0 Å². The maximum atomic E-state index is 8.63. The summed E-state index contributed by atoms with van der Waals surface area (Å²) in [5.41, 5.74) is 2.74. The Morgan fingerprint density at radius 3 is 0.923 bits per heavy atom. The van der Waals surface area contributed by atoms with Crippen molar-refractivity contribution in [3.05, 3.63) is 96.1 Å². The van der Waals surface area contributed by atoms with Crippen LogP contribution in [0.4, 0.5) is 0 Å². The van der Waals surface area contributed by atoms with Gasteiger partial charge in [-0.1, -0.05) is 60.7 Å². The smallest absolute Gasteiger partial charge is 0.115 e. The number of phenolic OH excluding ortho intramolecular Hbond substituents is 2. The summed E-state index contributed by atoms with van der Waals surface area (Å²) in [4.78, 5) is 0. The van der Waals surface area contributed by atoms with Gasteiger partial charge in [0.25, 0.3) is 0 Å². The normalized spacial score (nSPS) is 8.85. The molecular formula is C23H30O3. The Morgan fingerprint density at radius 1 is 0.538 bits per heavy atom. The molecule has 140 valence electrons. The first-order chi connectivity index (χ1) is 12.3. The number of aliphatic hydroxyl groups excluding tert-OH is 1. The van der Waals surface area contributed by atoms with Gasteiger partial charge in [0, 0.05) is 6.10 Å². The van der Waals surface area contributed by atoms with Crippen molar-refractivity contribution in [2.24, 2.45) is 0 Å². The van der Waals surface area contributed by atoms with Gasteiger partial charge in [-0.05, 0) is 63.1 Å². The highest BCUT2D eigenvalue weighted by molar-refractivity contribution is 5.23. The van der Waals surface area contributed by atoms with Crippen molar-refractivity contribution in [2.75, 3.05) is 0 Å². The second-order valence-corrected chi connectivity index (χ2v) is 5.85. The van der Waals surface area contributed by atoms with Gasteiger partial charge in [-0.15, -0.1) is 0 Å². The Kier molecular flexibility index (Phi) is 13.0. The van der Waals surface area contributed by atoms with Crippen LogP contribution >= 0.6 is 0 Å². The van der Waals surface area contributed by atoms with Crippen LogP contribution < -0.4 is 0 Å². The molecule has 0 bridgehead atoms. The molecule has 0 aliphatic rings. The third-order valence-corrected chi connectivity index (χ3v) is 2.94. The van der Waals surface area contributed by atoms with E-state index in [0.29, 0.717) is 11.5 Å². The van der Waals surface area contributed by atoms with Crippen molar-refractivity contribution >= 4 is 0 Å².